The molecule has 1 aromatic carbocycles. The molecule has 0 aliphatic carbocycles. The molecule has 160 valence electrons. The van der Waals surface area contributed by atoms with E-state index in [-0.39, 0.29) is 11.6 Å². The van der Waals surface area contributed by atoms with Crippen molar-refractivity contribution in [1.82, 2.24) is 14.1 Å². The average molecular weight is 412 g/mol. The van der Waals surface area contributed by atoms with Crippen molar-refractivity contribution in [2.75, 3.05) is 5.32 Å². The summed E-state index contributed by atoms with van der Waals surface area (Å²) in [6.45, 7) is 2.83. The maximum Gasteiger partial charge on any atom is 0.268 e. The molecule has 0 aliphatic heterocycles. The van der Waals surface area contributed by atoms with Crippen LogP contribution in [-0.4, -0.2) is 31.0 Å². The predicted molar refractivity (Wildman–Crippen MR) is 116 cm³/mol. The maximum absolute atomic E-state index is 12.1. The number of aromatic nitrogens is 3. The van der Waals surface area contributed by atoms with Gasteiger partial charge in [-0.1, -0.05) is 25.8 Å². The number of hydrogen-bond acceptors (Lipinski definition) is 4. The summed E-state index contributed by atoms with van der Waals surface area (Å²) in [4.78, 5) is 27.1. The molecule has 0 fully saturated rings. The summed E-state index contributed by atoms with van der Waals surface area (Å²) in [5.74, 6) is -0.576. The molecule has 1 atom stereocenters. The van der Waals surface area contributed by atoms with E-state index in [4.69, 9.17) is 5.73 Å². The van der Waals surface area contributed by atoms with E-state index in [1.165, 1.54) is 17.1 Å². The van der Waals surface area contributed by atoms with E-state index in [1.54, 1.807) is 0 Å². The molecule has 8 heteroatoms. The van der Waals surface area contributed by atoms with Crippen LogP contribution in [0.4, 0.5) is 5.69 Å². The molecule has 0 aliphatic rings. The summed E-state index contributed by atoms with van der Waals surface area (Å²) in [5.41, 5.74) is 7.15. The van der Waals surface area contributed by atoms with Crippen molar-refractivity contribution in [3.05, 3.63) is 48.7 Å². The fourth-order valence-electron chi connectivity index (χ4n) is 3.44. The van der Waals surface area contributed by atoms with Gasteiger partial charge in [-0.2, -0.15) is 0 Å². The number of aliphatic hydroxyl groups is 1. The summed E-state index contributed by atoms with van der Waals surface area (Å²) in [7, 11) is 0. The molecule has 2 heterocycles. The van der Waals surface area contributed by atoms with Gasteiger partial charge in [0, 0.05) is 31.0 Å². The van der Waals surface area contributed by atoms with E-state index in [0.29, 0.717) is 19.4 Å². The van der Waals surface area contributed by atoms with Gasteiger partial charge in [0.25, 0.3) is 5.91 Å². The van der Waals surface area contributed by atoms with Crippen LogP contribution in [0, 0.1) is 0 Å². The highest BCUT2D eigenvalue weighted by Crippen LogP contribution is 2.22. The number of nitrogens with two attached hydrogens (primary N) is 1. The number of anilines is 1. The molecular weight excluding hydrogens is 382 g/mol. The van der Waals surface area contributed by atoms with E-state index in [1.807, 2.05) is 30.5 Å². The van der Waals surface area contributed by atoms with E-state index in [9.17, 15) is 14.7 Å². The minimum Gasteiger partial charge on any atom is -0.373 e. The highest BCUT2D eigenvalue weighted by molar-refractivity contribution is 5.93. The van der Waals surface area contributed by atoms with Crippen molar-refractivity contribution < 1.29 is 14.7 Å². The summed E-state index contributed by atoms with van der Waals surface area (Å²) in [5, 5.41) is 14.4. The number of carbonyl (C=O) groups is 2. The molecule has 0 bridgehead atoms. The van der Waals surface area contributed by atoms with E-state index < -0.39 is 12.1 Å². The molecule has 0 unspecified atom stereocenters. The molecular formula is C22H29N5O3. The fraction of sp³-hybridized carbons (Fsp3) is 0.409. The second-order valence-corrected chi connectivity index (χ2v) is 7.48. The van der Waals surface area contributed by atoms with Gasteiger partial charge >= 0.3 is 0 Å². The third-order valence-corrected chi connectivity index (χ3v) is 5.12. The molecule has 0 saturated heterocycles. The van der Waals surface area contributed by atoms with Gasteiger partial charge in [-0.3, -0.25) is 9.59 Å². The molecule has 3 rings (SSSR count). The predicted octanol–water partition coefficient (Wildman–Crippen LogP) is 3.43. The lowest BCUT2D eigenvalue weighted by Gasteiger charge is -2.13. The van der Waals surface area contributed by atoms with Gasteiger partial charge in [-0.05, 0) is 42.8 Å². The van der Waals surface area contributed by atoms with Gasteiger partial charge < -0.3 is 25.3 Å². The molecule has 4 N–H and O–H groups in total. The number of amides is 2. The van der Waals surface area contributed by atoms with Crippen molar-refractivity contribution in [2.24, 2.45) is 5.73 Å². The Kier molecular flexibility index (Phi) is 7.24. The first kappa shape index (κ1) is 21.6. The first-order valence-electron chi connectivity index (χ1n) is 10.4. The third-order valence-electron chi connectivity index (χ3n) is 5.12. The number of benzene rings is 1. The lowest BCUT2D eigenvalue weighted by molar-refractivity contribution is -0.116. The summed E-state index contributed by atoms with van der Waals surface area (Å²) < 4.78 is 3.59. The van der Waals surface area contributed by atoms with Crippen molar-refractivity contribution >= 4 is 28.4 Å². The van der Waals surface area contributed by atoms with Crippen LogP contribution < -0.4 is 11.1 Å². The second-order valence-electron chi connectivity index (χ2n) is 7.48. The Labute approximate surface area is 175 Å². The largest absolute Gasteiger partial charge is 0.373 e. The third kappa shape index (κ3) is 5.48. The Morgan fingerprint density at radius 3 is 2.80 bits per heavy atom. The van der Waals surface area contributed by atoms with Crippen LogP contribution in [0.2, 0.25) is 0 Å². The van der Waals surface area contributed by atoms with Crippen LogP contribution >= 0.6 is 0 Å². The summed E-state index contributed by atoms with van der Waals surface area (Å²) in [6, 6.07) is 7.94. The smallest absolute Gasteiger partial charge is 0.268 e. The Morgan fingerprint density at radius 2 is 2.07 bits per heavy atom. The first-order chi connectivity index (χ1) is 14.5. The van der Waals surface area contributed by atoms with Gasteiger partial charge in [0.05, 0.1) is 11.8 Å². The lowest BCUT2D eigenvalue weighted by atomic mass is 10.2. The number of primary amides is 1. The van der Waals surface area contributed by atoms with Crippen LogP contribution in [-0.2, 0) is 11.3 Å². The van der Waals surface area contributed by atoms with Gasteiger partial charge in [-0.25, -0.2) is 4.98 Å². The van der Waals surface area contributed by atoms with E-state index in [0.717, 1.165) is 42.3 Å². The van der Waals surface area contributed by atoms with Crippen LogP contribution in [0.5, 0.6) is 0 Å². The number of aliphatic hydroxyl groups excluding tert-OH is 1. The molecule has 3 aromatic rings. The Hall–Kier alpha value is -3.13. The number of fused-ring (bicyclic) bond motifs is 1. The lowest BCUT2D eigenvalue weighted by Crippen LogP contribution is -2.12. The topological polar surface area (TPSA) is 115 Å². The number of nitrogens with one attached hydrogen (secondary N) is 1. The van der Waals surface area contributed by atoms with Gasteiger partial charge in [0.2, 0.25) is 5.91 Å². The van der Waals surface area contributed by atoms with Crippen LogP contribution in [0.1, 0.15) is 62.2 Å². The zero-order valence-electron chi connectivity index (χ0n) is 17.3. The van der Waals surface area contributed by atoms with Crippen molar-refractivity contribution in [3.63, 3.8) is 0 Å². The summed E-state index contributed by atoms with van der Waals surface area (Å²) >= 11 is 0. The van der Waals surface area contributed by atoms with E-state index >= 15 is 0 Å². The minimum absolute atomic E-state index is 0.0414. The highest BCUT2D eigenvalue weighted by atomic mass is 16.3. The summed E-state index contributed by atoms with van der Waals surface area (Å²) in [6.07, 6.45) is 8.91. The van der Waals surface area contributed by atoms with Gasteiger partial charge in [0.15, 0.2) is 0 Å². The number of imidazole rings is 1. The SMILES string of the molecule is CCCCCC(=O)Nc1ccc2ccn(CCC[C@@H](O)n3cnc(C(N)=O)c3)c2c1. The van der Waals surface area contributed by atoms with Crippen LogP contribution in [0.25, 0.3) is 10.9 Å². The average Bonchev–Trinajstić information content (AvgIpc) is 3.36. The maximum atomic E-state index is 12.1. The molecule has 8 nitrogen and oxygen atoms in total. The highest BCUT2D eigenvalue weighted by Gasteiger charge is 2.11. The molecule has 30 heavy (non-hydrogen) atoms. The zero-order chi connectivity index (χ0) is 21.5. The Morgan fingerprint density at radius 1 is 1.23 bits per heavy atom. The van der Waals surface area contributed by atoms with Crippen molar-refractivity contribution in [1.29, 1.82) is 0 Å². The van der Waals surface area contributed by atoms with E-state index in [2.05, 4.69) is 21.8 Å². The number of aryl methyl sites for hydroxylation is 1. The molecule has 0 spiro atoms. The number of rotatable bonds is 11. The first-order valence-corrected chi connectivity index (χ1v) is 10.4. The Balaban J connectivity index is 1.57. The van der Waals surface area contributed by atoms with Crippen molar-refractivity contribution in [2.45, 2.75) is 58.2 Å². The molecule has 0 radical (unpaired) electrons. The molecule has 2 amide bonds. The minimum atomic E-state index is -0.773. The van der Waals surface area contributed by atoms with Gasteiger partial charge in [0.1, 0.15) is 11.9 Å². The second kappa shape index (κ2) is 10.1. The Bertz CT molecular complexity index is 1010. The molecule has 2 aromatic heterocycles. The number of unbranched alkanes of at least 4 members (excludes halogenated alkanes) is 2. The number of carbonyl (C=O) groups excluding carboxylic acids is 2. The van der Waals surface area contributed by atoms with Gasteiger partial charge in [-0.15, -0.1) is 0 Å². The standard InChI is InChI=1S/C22H29N5O3/c1-2-3-4-6-20(28)25-17-9-8-16-10-12-26(19(16)13-17)11-5-7-21(29)27-14-18(22(23)30)24-15-27/h8-10,12-15,21,29H,2-7,11H2,1H3,(H2,23,30)(H,25,28)/t21-/m1/s1. The fourth-order valence-corrected chi connectivity index (χ4v) is 3.44. The normalized spacial score (nSPS) is 12.2. The monoisotopic (exact) mass is 411 g/mol. The molecule has 0 saturated carbocycles. The zero-order valence-corrected chi connectivity index (χ0v) is 17.3. The van der Waals surface area contributed by atoms with Crippen molar-refractivity contribution in [3.8, 4) is 0 Å². The number of hydrogen-bond donors (Lipinski definition) is 3. The quantitative estimate of drug-likeness (QED) is 0.419. The van der Waals surface area contributed by atoms with Crippen LogP contribution in [0.3, 0.4) is 0 Å². The number of nitrogens with zero attached hydrogens (tertiary/aromatic N) is 3. The van der Waals surface area contributed by atoms with Crippen LogP contribution in [0.15, 0.2) is 43.0 Å².